The van der Waals surface area contributed by atoms with E-state index in [2.05, 4.69) is 45.6 Å². The molecule has 3 nitrogen and oxygen atoms in total. The number of aryl methyl sites for hydroxylation is 3. The van der Waals surface area contributed by atoms with Crippen molar-refractivity contribution in [2.24, 2.45) is 10.9 Å². The second-order valence-electron chi connectivity index (χ2n) is 8.45. The Balaban J connectivity index is 1.74. The van der Waals surface area contributed by atoms with Gasteiger partial charge in [-0.05, 0) is 100.0 Å². The summed E-state index contributed by atoms with van der Waals surface area (Å²) in [5, 5.41) is 5.65. The molecule has 1 saturated heterocycles. The molecule has 4 rings (SSSR count). The van der Waals surface area contributed by atoms with E-state index in [9.17, 15) is 0 Å². The first-order chi connectivity index (χ1) is 15.0. The summed E-state index contributed by atoms with van der Waals surface area (Å²) < 4.78 is 15.3. The van der Waals surface area contributed by atoms with E-state index >= 15 is 4.39 Å². The van der Waals surface area contributed by atoms with Gasteiger partial charge in [0.1, 0.15) is 5.82 Å². The van der Waals surface area contributed by atoms with Gasteiger partial charge in [0.15, 0.2) is 0 Å². The van der Waals surface area contributed by atoms with Crippen LogP contribution in [0.25, 0.3) is 28.0 Å². The minimum Gasteiger partial charge on any atom is -0.317 e. The molecule has 0 atom stereocenters. The van der Waals surface area contributed by atoms with Gasteiger partial charge in [0, 0.05) is 40.2 Å². The van der Waals surface area contributed by atoms with Crippen molar-refractivity contribution >= 4 is 23.1 Å². The highest BCUT2D eigenvalue weighted by Gasteiger charge is 2.18. The standard InChI is InChI=1S/C27H30FN3/c1-5-30-27(20-8-10-29-11-9-20)16-24-17(2)12-23(15-26(24)28)21-6-7-22-13-18(3)31-19(4)25(22)14-21/h5-7,12-16,20,29H,8-11H2,1-4H3/b27-16-,30-5?. The van der Waals surface area contributed by atoms with Crippen molar-refractivity contribution in [2.75, 3.05) is 13.1 Å². The van der Waals surface area contributed by atoms with Gasteiger partial charge >= 0.3 is 0 Å². The molecule has 0 bridgehead atoms. The van der Waals surface area contributed by atoms with Gasteiger partial charge in [-0.25, -0.2) is 4.39 Å². The second kappa shape index (κ2) is 9.11. The van der Waals surface area contributed by atoms with Crippen molar-refractivity contribution in [2.45, 2.75) is 40.5 Å². The zero-order valence-corrected chi connectivity index (χ0v) is 18.8. The summed E-state index contributed by atoms with van der Waals surface area (Å²) in [6.45, 7) is 9.89. The van der Waals surface area contributed by atoms with Gasteiger partial charge in [-0.15, -0.1) is 0 Å². The highest BCUT2D eigenvalue weighted by molar-refractivity contribution is 5.89. The summed E-state index contributed by atoms with van der Waals surface area (Å²) in [6, 6.07) is 12.1. The Labute approximate surface area is 184 Å². The smallest absolute Gasteiger partial charge is 0.131 e. The summed E-state index contributed by atoms with van der Waals surface area (Å²) in [4.78, 5) is 9.17. The molecule has 4 heteroatoms. The number of piperidine rings is 1. The van der Waals surface area contributed by atoms with E-state index in [0.29, 0.717) is 11.5 Å². The van der Waals surface area contributed by atoms with Crippen LogP contribution < -0.4 is 5.32 Å². The van der Waals surface area contributed by atoms with Crippen LogP contribution in [0.2, 0.25) is 0 Å². The summed E-state index contributed by atoms with van der Waals surface area (Å²) >= 11 is 0. The molecule has 2 aromatic carbocycles. The van der Waals surface area contributed by atoms with Crippen LogP contribution in [-0.2, 0) is 0 Å². The van der Waals surface area contributed by atoms with Crippen molar-refractivity contribution in [1.82, 2.24) is 10.3 Å². The third-order valence-corrected chi connectivity index (χ3v) is 6.15. The molecular weight excluding hydrogens is 385 g/mol. The number of aromatic nitrogens is 1. The van der Waals surface area contributed by atoms with Crippen LogP contribution in [0.4, 0.5) is 4.39 Å². The third-order valence-electron chi connectivity index (χ3n) is 6.15. The first-order valence-corrected chi connectivity index (χ1v) is 11.1. The molecule has 0 aliphatic carbocycles. The van der Waals surface area contributed by atoms with E-state index in [1.54, 1.807) is 6.07 Å². The number of benzene rings is 2. The average Bonchev–Trinajstić information content (AvgIpc) is 2.75. The van der Waals surface area contributed by atoms with Crippen LogP contribution in [-0.4, -0.2) is 24.3 Å². The van der Waals surface area contributed by atoms with E-state index in [-0.39, 0.29) is 5.82 Å². The van der Waals surface area contributed by atoms with Gasteiger partial charge < -0.3 is 5.32 Å². The van der Waals surface area contributed by atoms with Crippen LogP contribution in [0.3, 0.4) is 0 Å². The first-order valence-electron chi connectivity index (χ1n) is 11.1. The SMILES string of the molecule is CC=N/C(=C\c1c(C)cc(-c2ccc3cc(C)nc(C)c3c2)cc1F)C1CCNCC1. The number of halogens is 1. The lowest BCUT2D eigenvalue weighted by Gasteiger charge is -2.23. The Bertz CT molecular complexity index is 1150. The number of aliphatic imine (C=N–C) groups is 1. The fourth-order valence-corrected chi connectivity index (χ4v) is 4.54. The average molecular weight is 416 g/mol. The van der Waals surface area contributed by atoms with Crippen molar-refractivity contribution in [3.63, 3.8) is 0 Å². The van der Waals surface area contributed by atoms with Crippen molar-refractivity contribution in [1.29, 1.82) is 0 Å². The molecule has 31 heavy (non-hydrogen) atoms. The lowest BCUT2D eigenvalue weighted by molar-refractivity contribution is 0.419. The number of rotatable bonds is 4. The molecule has 0 unspecified atom stereocenters. The Morgan fingerprint density at radius 1 is 1.06 bits per heavy atom. The van der Waals surface area contributed by atoms with Crippen molar-refractivity contribution < 1.29 is 4.39 Å². The number of pyridine rings is 1. The Morgan fingerprint density at radius 2 is 1.84 bits per heavy atom. The Hall–Kier alpha value is -2.85. The van der Waals surface area contributed by atoms with Gasteiger partial charge in [0.25, 0.3) is 0 Å². The van der Waals surface area contributed by atoms with Crippen molar-refractivity contribution in [3.05, 3.63) is 70.4 Å². The Morgan fingerprint density at radius 3 is 2.55 bits per heavy atom. The minimum absolute atomic E-state index is 0.202. The quantitative estimate of drug-likeness (QED) is 0.501. The van der Waals surface area contributed by atoms with Gasteiger partial charge in [-0.3, -0.25) is 9.98 Å². The number of fused-ring (bicyclic) bond motifs is 1. The van der Waals surface area contributed by atoms with Crippen molar-refractivity contribution in [3.8, 4) is 11.1 Å². The highest BCUT2D eigenvalue weighted by atomic mass is 19.1. The molecule has 3 aromatic rings. The number of hydrogen-bond acceptors (Lipinski definition) is 3. The van der Waals surface area contributed by atoms with Crippen LogP contribution in [0.15, 0.2) is 47.1 Å². The predicted octanol–water partition coefficient (Wildman–Crippen LogP) is 6.40. The maximum Gasteiger partial charge on any atom is 0.131 e. The lowest BCUT2D eigenvalue weighted by atomic mass is 9.91. The van der Waals surface area contributed by atoms with E-state index in [0.717, 1.165) is 70.5 Å². The zero-order valence-electron chi connectivity index (χ0n) is 18.8. The molecule has 1 fully saturated rings. The second-order valence-corrected chi connectivity index (χ2v) is 8.45. The Kier molecular flexibility index (Phi) is 6.28. The summed E-state index contributed by atoms with van der Waals surface area (Å²) in [5.41, 5.74) is 6.43. The topological polar surface area (TPSA) is 37.3 Å². The maximum absolute atomic E-state index is 15.3. The van der Waals surface area contributed by atoms with Crippen LogP contribution in [0.5, 0.6) is 0 Å². The molecular formula is C27H30FN3. The number of nitrogens with one attached hydrogen (secondary N) is 1. The molecule has 1 aliphatic heterocycles. The van der Waals surface area contributed by atoms with Gasteiger partial charge in [0.05, 0.1) is 0 Å². The predicted molar refractivity (Wildman–Crippen MR) is 129 cm³/mol. The maximum atomic E-state index is 15.3. The summed E-state index contributed by atoms with van der Waals surface area (Å²) in [6.07, 6.45) is 5.82. The molecule has 1 N–H and O–H groups in total. The molecule has 1 aliphatic rings. The largest absolute Gasteiger partial charge is 0.317 e. The third kappa shape index (κ3) is 4.59. The van der Waals surface area contributed by atoms with E-state index in [1.807, 2.05) is 40.0 Å². The molecule has 0 saturated carbocycles. The van der Waals surface area contributed by atoms with E-state index in [1.165, 1.54) is 0 Å². The fourth-order valence-electron chi connectivity index (χ4n) is 4.54. The van der Waals surface area contributed by atoms with E-state index < -0.39 is 0 Å². The van der Waals surface area contributed by atoms with Gasteiger partial charge in [0.2, 0.25) is 0 Å². The van der Waals surface area contributed by atoms with Crippen LogP contribution >= 0.6 is 0 Å². The highest BCUT2D eigenvalue weighted by Crippen LogP contribution is 2.31. The number of hydrogen-bond donors (Lipinski definition) is 1. The number of nitrogens with zero attached hydrogens (tertiary/aromatic N) is 2. The first kappa shape index (κ1) is 21.4. The molecule has 160 valence electrons. The van der Waals surface area contributed by atoms with Crippen LogP contribution in [0, 0.1) is 32.5 Å². The minimum atomic E-state index is -0.202. The molecule has 2 heterocycles. The van der Waals surface area contributed by atoms with E-state index in [4.69, 9.17) is 0 Å². The molecule has 0 radical (unpaired) electrons. The fraction of sp³-hybridized carbons (Fsp3) is 0.333. The molecule has 0 amide bonds. The van der Waals surface area contributed by atoms with Gasteiger partial charge in [-0.2, -0.15) is 0 Å². The monoisotopic (exact) mass is 415 g/mol. The lowest BCUT2D eigenvalue weighted by Crippen LogP contribution is -2.28. The van der Waals surface area contributed by atoms with Crippen LogP contribution in [0.1, 0.15) is 42.3 Å². The summed E-state index contributed by atoms with van der Waals surface area (Å²) in [5.74, 6) is 0.168. The molecule has 0 spiro atoms. The van der Waals surface area contributed by atoms with Gasteiger partial charge in [-0.1, -0.05) is 18.2 Å². The number of allylic oxidation sites excluding steroid dienone is 1. The summed E-state index contributed by atoms with van der Waals surface area (Å²) in [7, 11) is 0. The molecule has 1 aromatic heterocycles. The normalized spacial score (nSPS) is 15.8. The zero-order chi connectivity index (χ0) is 22.0.